The van der Waals surface area contributed by atoms with Gasteiger partial charge in [0.1, 0.15) is 11.2 Å². The zero-order valence-corrected chi connectivity index (χ0v) is 12.2. The van der Waals surface area contributed by atoms with Crippen LogP contribution in [0.4, 0.5) is 4.39 Å². The molecule has 0 spiro atoms. The molecule has 0 amide bonds. The summed E-state index contributed by atoms with van der Waals surface area (Å²) in [7, 11) is 0. The molecule has 3 rings (SSSR count). The fraction of sp³-hybridized carbons (Fsp3) is 0.0833. The molecule has 0 aliphatic heterocycles. The topological polar surface area (TPSA) is 98.0 Å². The van der Waals surface area contributed by atoms with Crippen molar-refractivity contribution in [3.8, 4) is 0 Å². The Morgan fingerprint density at radius 1 is 1.50 bits per heavy atom. The molecule has 22 heavy (non-hydrogen) atoms. The highest BCUT2D eigenvalue weighted by Gasteiger charge is 2.18. The van der Waals surface area contributed by atoms with E-state index in [-0.39, 0.29) is 17.6 Å². The number of aromatic carboxylic acids is 1. The van der Waals surface area contributed by atoms with Gasteiger partial charge in [0.2, 0.25) is 5.43 Å². The summed E-state index contributed by atoms with van der Waals surface area (Å²) in [4.78, 5) is 27.1. The Kier molecular flexibility index (Phi) is 3.59. The van der Waals surface area contributed by atoms with E-state index in [1.807, 2.05) is 0 Å². The van der Waals surface area contributed by atoms with Crippen molar-refractivity contribution in [2.75, 3.05) is 0 Å². The Balaban J connectivity index is 2.33. The largest absolute Gasteiger partial charge is 0.477 e. The first-order chi connectivity index (χ1) is 10.5. The second kappa shape index (κ2) is 5.43. The monoisotopic (exact) mass is 340 g/mol. The van der Waals surface area contributed by atoms with Crippen molar-refractivity contribution in [3.63, 3.8) is 0 Å². The zero-order valence-electron chi connectivity index (χ0n) is 10.7. The molecule has 0 unspecified atom stereocenters. The third kappa shape index (κ3) is 2.44. The van der Waals surface area contributed by atoms with E-state index < -0.39 is 27.9 Å². The average molecular weight is 341 g/mol. The summed E-state index contributed by atoms with van der Waals surface area (Å²) in [5.74, 6) is -2.30. The van der Waals surface area contributed by atoms with Crippen LogP contribution >= 0.6 is 23.3 Å². The lowest BCUT2D eigenvalue weighted by atomic mass is 10.2. The number of halogens is 2. The number of rotatable bonds is 3. The Morgan fingerprint density at radius 3 is 2.91 bits per heavy atom. The second-order valence-corrected chi connectivity index (χ2v) is 5.25. The van der Waals surface area contributed by atoms with Crippen molar-refractivity contribution in [2.24, 2.45) is 0 Å². The highest BCUT2D eigenvalue weighted by molar-refractivity contribution is 6.99. The third-order valence-corrected chi connectivity index (χ3v) is 3.71. The van der Waals surface area contributed by atoms with Crippen molar-refractivity contribution in [1.82, 2.24) is 18.3 Å². The van der Waals surface area contributed by atoms with Crippen LogP contribution in [0.25, 0.3) is 11.0 Å². The number of carbonyl (C=O) groups is 1. The van der Waals surface area contributed by atoms with Crippen LogP contribution in [0, 0.1) is 5.82 Å². The van der Waals surface area contributed by atoms with Gasteiger partial charge in [-0.3, -0.25) is 4.79 Å². The normalized spacial score (nSPS) is 11.0. The summed E-state index contributed by atoms with van der Waals surface area (Å²) in [5.41, 5.74) is -0.680. The summed E-state index contributed by atoms with van der Waals surface area (Å²) in [6.07, 6.45) is 2.63. The molecule has 7 nitrogen and oxygen atoms in total. The van der Waals surface area contributed by atoms with Crippen LogP contribution in [0.3, 0.4) is 0 Å². The number of carboxylic acids is 1. The van der Waals surface area contributed by atoms with Crippen molar-refractivity contribution in [2.45, 2.75) is 6.54 Å². The average Bonchev–Trinajstić information content (AvgIpc) is 2.96. The van der Waals surface area contributed by atoms with Gasteiger partial charge in [0.25, 0.3) is 0 Å². The standard InChI is InChI=1S/C12H6ClFN4O3S/c13-10-8(14)1-6-9(19)7(12(20)21)4-18(11(6)16-10)3-5-2-15-22-17-5/h1-2,4H,3H2,(H,20,21). The van der Waals surface area contributed by atoms with E-state index in [0.29, 0.717) is 5.69 Å². The van der Waals surface area contributed by atoms with Gasteiger partial charge in [-0.2, -0.15) is 8.75 Å². The minimum atomic E-state index is -1.41. The first-order valence-electron chi connectivity index (χ1n) is 5.86. The van der Waals surface area contributed by atoms with Crippen LogP contribution < -0.4 is 5.43 Å². The molecule has 0 aromatic carbocycles. The van der Waals surface area contributed by atoms with Gasteiger partial charge in [0.05, 0.1) is 35.5 Å². The predicted octanol–water partition coefficient (Wildman–Crippen LogP) is 1.79. The van der Waals surface area contributed by atoms with Crippen molar-refractivity contribution < 1.29 is 14.3 Å². The van der Waals surface area contributed by atoms with Crippen LogP contribution in [0.5, 0.6) is 0 Å². The molecule has 1 N–H and O–H groups in total. The van der Waals surface area contributed by atoms with E-state index in [9.17, 15) is 14.0 Å². The van der Waals surface area contributed by atoms with Crippen LogP contribution in [-0.2, 0) is 6.54 Å². The molecule has 0 fully saturated rings. The summed E-state index contributed by atoms with van der Waals surface area (Å²) in [6, 6.07) is 0.884. The lowest BCUT2D eigenvalue weighted by Crippen LogP contribution is -2.20. The molecule has 0 saturated heterocycles. The van der Waals surface area contributed by atoms with Gasteiger partial charge < -0.3 is 9.67 Å². The molecule has 3 aromatic rings. The maximum atomic E-state index is 13.6. The van der Waals surface area contributed by atoms with E-state index in [1.54, 1.807) is 0 Å². The fourth-order valence-electron chi connectivity index (χ4n) is 1.97. The highest BCUT2D eigenvalue weighted by Crippen LogP contribution is 2.18. The number of hydrogen-bond acceptors (Lipinski definition) is 6. The summed E-state index contributed by atoms with van der Waals surface area (Å²) in [5, 5.41) is 8.56. The number of carboxylic acid groups (broad SMARTS) is 1. The van der Waals surface area contributed by atoms with Crippen LogP contribution in [0.2, 0.25) is 5.15 Å². The van der Waals surface area contributed by atoms with Gasteiger partial charge in [-0.05, 0) is 6.07 Å². The van der Waals surface area contributed by atoms with Crippen molar-refractivity contribution in [1.29, 1.82) is 0 Å². The van der Waals surface area contributed by atoms with E-state index in [2.05, 4.69) is 13.7 Å². The van der Waals surface area contributed by atoms with Crippen molar-refractivity contribution >= 4 is 40.3 Å². The van der Waals surface area contributed by atoms with Gasteiger partial charge in [0.15, 0.2) is 11.0 Å². The van der Waals surface area contributed by atoms with E-state index in [4.69, 9.17) is 16.7 Å². The molecule has 0 saturated carbocycles. The van der Waals surface area contributed by atoms with Gasteiger partial charge >= 0.3 is 5.97 Å². The molecule has 0 atom stereocenters. The van der Waals surface area contributed by atoms with Gasteiger partial charge in [-0.25, -0.2) is 14.2 Å². The van der Waals surface area contributed by atoms with Crippen LogP contribution in [0.15, 0.2) is 23.3 Å². The molecule has 3 aromatic heterocycles. The molecule has 112 valence electrons. The molecule has 10 heteroatoms. The fourth-order valence-corrected chi connectivity index (χ4v) is 2.53. The Labute approximate surface area is 130 Å². The first-order valence-corrected chi connectivity index (χ1v) is 6.97. The van der Waals surface area contributed by atoms with E-state index in [0.717, 1.165) is 24.0 Å². The molecule has 0 aliphatic rings. The molecule has 3 heterocycles. The van der Waals surface area contributed by atoms with Crippen LogP contribution in [0.1, 0.15) is 16.1 Å². The maximum Gasteiger partial charge on any atom is 0.341 e. The van der Waals surface area contributed by atoms with Crippen molar-refractivity contribution in [3.05, 3.63) is 50.9 Å². The lowest BCUT2D eigenvalue weighted by molar-refractivity contribution is 0.0695. The Morgan fingerprint density at radius 2 is 2.27 bits per heavy atom. The highest BCUT2D eigenvalue weighted by atomic mass is 35.5. The quantitative estimate of drug-likeness (QED) is 0.730. The first kappa shape index (κ1) is 14.5. The Bertz CT molecular complexity index is 942. The van der Waals surface area contributed by atoms with Gasteiger partial charge in [-0.1, -0.05) is 11.6 Å². The second-order valence-electron chi connectivity index (χ2n) is 4.34. The summed E-state index contributed by atoms with van der Waals surface area (Å²) >= 11 is 6.64. The van der Waals surface area contributed by atoms with E-state index in [1.165, 1.54) is 10.8 Å². The maximum absolute atomic E-state index is 13.6. The zero-order chi connectivity index (χ0) is 15.9. The number of nitrogens with zero attached hydrogens (tertiary/aromatic N) is 4. The number of hydrogen-bond donors (Lipinski definition) is 1. The lowest BCUT2D eigenvalue weighted by Gasteiger charge is -2.10. The Hall–Kier alpha value is -2.39. The SMILES string of the molecule is O=C(O)c1cn(Cc2cnsn2)c2nc(Cl)c(F)cc2c1=O. The molecular weight excluding hydrogens is 335 g/mol. The molecule has 0 radical (unpaired) electrons. The molecular formula is C12H6ClFN4O3S. The van der Waals surface area contributed by atoms with Gasteiger partial charge in [0, 0.05) is 6.20 Å². The minimum Gasteiger partial charge on any atom is -0.477 e. The minimum absolute atomic E-state index is 0.0781. The number of fused-ring (bicyclic) bond motifs is 1. The molecule has 0 aliphatic carbocycles. The van der Waals surface area contributed by atoms with Crippen LogP contribution in [-0.4, -0.2) is 29.4 Å². The van der Waals surface area contributed by atoms with Gasteiger partial charge in [-0.15, -0.1) is 0 Å². The summed E-state index contributed by atoms with van der Waals surface area (Å²) < 4.78 is 22.8. The number of aromatic nitrogens is 4. The molecule has 0 bridgehead atoms. The smallest absolute Gasteiger partial charge is 0.341 e. The van der Waals surface area contributed by atoms with E-state index >= 15 is 0 Å². The number of pyridine rings is 2. The third-order valence-electron chi connectivity index (χ3n) is 2.93. The summed E-state index contributed by atoms with van der Waals surface area (Å²) in [6.45, 7) is 0.128. The predicted molar refractivity (Wildman–Crippen MR) is 76.9 cm³/mol.